The minimum atomic E-state index is -0.163. The molecule has 0 saturated heterocycles. The van der Waals surface area contributed by atoms with Gasteiger partial charge in [-0.25, -0.2) is 0 Å². The van der Waals surface area contributed by atoms with Crippen molar-refractivity contribution in [1.29, 1.82) is 5.26 Å². The normalized spacial score (nSPS) is 9.94. The number of carbonyl (C=O) groups excluding carboxylic acids is 1. The number of amides is 1. The molecule has 17 heavy (non-hydrogen) atoms. The molecular weight excluding hydrogens is 252 g/mol. The fourth-order valence-electron chi connectivity index (χ4n) is 1.42. The Kier molecular flexibility index (Phi) is 3.27. The summed E-state index contributed by atoms with van der Waals surface area (Å²) in [7, 11) is 0. The van der Waals surface area contributed by atoms with E-state index in [4.69, 9.17) is 5.26 Å². The van der Waals surface area contributed by atoms with Crippen LogP contribution in [0, 0.1) is 25.2 Å². The zero-order valence-corrected chi connectivity index (χ0v) is 11.0. The first kappa shape index (κ1) is 11.8. The number of rotatable bonds is 2. The maximum atomic E-state index is 11.9. The van der Waals surface area contributed by atoms with Gasteiger partial charge in [-0.1, -0.05) is 0 Å². The number of hydrogen-bond donors (Lipinski definition) is 1. The molecule has 1 N–H and O–H groups in total. The molecule has 0 saturated carbocycles. The van der Waals surface area contributed by atoms with Crippen LogP contribution in [0.5, 0.6) is 0 Å². The minimum absolute atomic E-state index is 0.163. The Hall–Kier alpha value is -1.64. The predicted molar refractivity (Wildman–Crippen MR) is 70.8 cm³/mol. The molecule has 3 nitrogen and oxygen atoms in total. The number of hydrogen-bond acceptors (Lipinski definition) is 4. The van der Waals surface area contributed by atoms with E-state index in [1.807, 2.05) is 19.2 Å². The number of aryl methyl sites for hydroxylation is 1. The zero-order valence-electron chi connectivity index (χ0n) is 9.40. The van der Waals surface area contributed by atoms with Crippen LogP contribution < -0.4 is 5.32 Å². The Morgan fingerprint density at radius 1 is 1.47 bits per heavy atom. The van der Waals surface area contributed by atoms with Gasteiger partial charge in [0.2, 0.25) is 0 Å². The molecule has 0 unspecified atom stereocenters. The lowest BCUT2D eigenvalue weighted by atomic mass is 10.2. The average molecular weight is 262 g/mol. The molecule has 0 radical (unpaired) electrons. The molecule has 0 spiro atoms. The topological polar surface area (TPSA) is 52.9 Å². The molecule has 86 valence electrons. The molecule has 5 heteroatoms. The summed E-state index contributed by atoms with van der Waals surface area (Å²) in [5.41, 5.74) is 2.14. The van der Waals surface area contributed by atoms with E-state index in [-0.39, 0.29) is 5.91 Å². The SMILES string of the molecule is Cc1sc(NC(=O)c2ccsc2)c(C#N)c1C. The van der Waals surface area contributed by atoms with Gasteiger partial charge in [0.15, 0.2) is 0 Å². The second kappa shape index (κ2) is 4.70. The molecular formula is C12H10N2OS2. The first-order valence-electron chi connectivity index (χ1n) is 4.97. The first-order valence-corrected chi connectivity index (χ1v) is 6.73. The summed E-state index contributed by atoms with van der Waals surface area (Å²) in [5, 5.41) is 16.1. The van der Waals surface area contributed by atoms with Crippen LogP contribution in [0.15, 0.2) is 16.8 Å². The van der Waals surface area contributed by atoms with Gasteiger partial charge >= 0.3 is 0 Å². The van der Waals surface area contributed by atoms with Gasteiger partial charge in [-0.3, -0.25) is 4.79 Å². The van der Waals surface area contributed by atoms with E-state index in [1.54, 1.807) is 11.4 Å². The predicted octanol–water partition coefficient (Wildman–Crippen LogP) is 3.55. The van der Waals surface area contributed by atoms with Crippen molar-refractivity contribution in [3.8, 4) is 6.07 Å². The summed E-state index contributed by atoms with van der Waals surface area (Å²) in [5.74, 6) is -0.163. The lowest BCUT2D eigenvalue weighted by molar-refractivity contribution is 0.102. The van der Waals surface area contributed by atoms with Crippen LogP contribution in [0.3, 0.4) is 0 Å². The molecule has 2 heterocycles. The summed E-state index contributed by atoms with van der Waals surface area (Å²) in [6.07, 6.45) is 0. The van der Waals surface area contributed by atoms with Gasteiger partial charge in [0, 0.05) is 10.3 Å². The number of nitriles is 1. The summed E-state index contributed by atoms with van der Waals surface area (Å²) < 4.78 is 0. The lowest BCUT2D eigenvalue weighted by Gasteiger charge is -2.00. The molecule has 0 atom stereocenters. The fourth-order valence-corrected chi connectivity index (χ4v) is 3.06. The van der Waals surface area contributed by atoms with Crippen molar-refractivity contribution in [1.82, 2.24) is 0 Å². The van der Waals surface area contributed by atoms with Gasteiger partial charge in [-0.05, 0) is 30.9 Å². The molecule has 0 aliphatic carbocycles. The van der Waals surface area contributed by atoms with E-state index in [9.17, 15) is 4.79 Å². The van der Waals surface area contributed by atoms with E-state index in [0.29, 0.717) is 16.1 Å². The zero-order chi connectivity index (χ0) is 12.4. The van der Waals surface area contributed by atoms with E-state index in [1.165, 1.54) is 22.7 Å². The van der Waals surface area contributed by atoms with E-state index in [2.05, 4.69) is 11.4 Å². The van der Waals surface area contributed by atoms with Gasteiger partial charge in [-0.15, -0.1) is 11.3 Å². The molecule has 2 aromatic heterocycles. The van der Waals surface area contributed by atoms with Crippen LogP contribution in [0.1, 0.15) is 26.4 Å². The highest BCUT2D eigenvalue weighted by atomic mass is 32.1. The quantitative estimate of drug-likeness (QED) is 0.899. The standard InChI is InChI=1S/C12H10N2OS2/c1-7-8(2)17-12(10(7)5-13)14-11(15)9-3-4-16-6-9/h3-4,6H,1-2H3,(H,14,15). The van der Waals surface area contributed by atoms with Crippen LogP contribution in [-0.2, 0) is 0 Å². The number of thiophene rings is 2. The Balaban J connectivity index is 2.29. The Bertz CT molecular complexity index is 591. The Labute approximate surface area is 107 Å². The lowest BCUT2D eigenvalue weighted by Crippen LogP contribution is -2.10. The highest BCUT2D eigenvalue weighted by Gasteiger charge is 2.15. The average Bonchev–Trinajstić information content (AvgIpc) is 2.89. The number of carbonyl (C=O) groups is 1. The third-order valence-corrected chi connectivity index (χ3v) is 4.31. The summed E-state index contributed by atoms with van der Waals surface area (Å²) in [6.45, 7) is 3.84. The van der Waals surface area contributed by atoms with Crippen molar-refractivity contribution >= 4 is 33.6 Å². The molecule has 2 aromatic rings. The molecule has 0 aromatic carbocycles. The molecule has 2 rings (SSSR count). The van der Waals surface area contributed by atoms with Crippen molar-refractivity contribution in [2.75, 3.05) is 5.32 Å². The smallest absolute Gasteiger partial charge is 0.257 e. The van der Waals surface area contributed by atoms with Crippen LogP contribution >= 0.6 is 22.7 Å². The molecule has 0 aliphatic rings. The first-order chi connectivity index (χ1) is 8.13. The van der Waals surface area contributed by atoms with E-state index >= 15 is 0 Å². The second-order valence-electron chi connectivity index (χ2n) is 3.57. The highest BCUT2D eigenvalue weighted by molar-refractivity contribution is 7.16. The largest absolute Gasteiger partial charge is 0.312 e. The second-order valence-corrected chi connectivity index (χ2v) is 5.57. The van der Waals surface area contributed by atoms with Gasteiger partial charge in [0.25, 0.3) is 5.91 Å². The molecule has 0 fully saturated rings. The fraction of sp³-hybridized carbons (Fsp3) is 0.167. The van der Waals surface area contributed by atoms with Gasteiger partial charge in [0.1, 0.15) is 11.1 Å². The van der Waals surface area contributed by atoms with Crippen molar-refractivity contribution in [2.45, 2.75) is 13.8 Å². The maximum Gasteiger partial charge on any atom is 0.257 e. The van der Waals surface area contributed by atoms with Crippen molar-refractivity contribution in [3.63, 3.8) is 0 Å². The maximum absolute atomic E-state index is 11.9. The van der Waals surface area contributed by atoms with Gasteiger partial charge in [-0.2, -0.15) is 16.6 Å². The summed E-state index contributed by atoms with van der Waals surface area (Å²) in [4.78, 5) is 12.9. The van der Waals surface area contributed by atoms with Crippen LogP contribution in [0.2, 0.25) is 0 Å². The molecule has 0 bridgehead atoms. The summed E-state index contributed by atoms with van der Waals surface area (Å²) >= 11 is 2.91. The number of nitrogens with one attached hydrogen (secondary N) is 1. The van der Waals surface area contributed by atoms with Crippen molar-refractivity contribution in [2.24, 2.45) is 0 Å². The van der Waals surface area contributed by atoms with Crippen LogP contribution in [-0.4, -0.2) is 5.91 Å². The monoisotopic (exact) mass is 262 g/mol. The molecule has 1 amide bonds. The highest BCUT2D eigenvalue weighted by Crippen LogP contribution is 2.31. The Morgan fingerprint density at radius 3 is 2.82 bits per heavy atom. The van der Waals surface area contributed by atoms with Crippen molar-refractivity contribution in [3.05, 3.63) is 38.4 Å². The number of anilines is 1. The van der Waals surface area contributed by atoms with Gasteiger partial charge in [0.05, 0.1) is 11.1 Å². The Morgan fingerprint density at radius 2 is 2.24 bits per heavy atom. The number of nitrogens with zero attached hydrogens (tertiary/aromatic N) is 1. The summed E-state index contributed by atoms with van der Waals surface area (Å²) in [6, 6.07) is 3.90. The van der Waals surface area contributed by atoms with Crippen LogP contribution in [0.4, 0.5) is 5.00 Å². The van der Waals surface area contributed by atoms with Crippen LogP contribution in [0.25, 0.3) is 0 Å². The minimum Gasteiger partial charge on any atom is -0.312 e. The third-order valence-electron chi connectivity index (χ3n) is 2.51. The van der Waals surface area contributed by atoms with Crippen molar-refractivity contribution < 1.29 is 4.79 Å². The molecule has 0 aliphatic heterocycles. The third kappa shape index (κ3) is 2.23. The van der Waals surface area contributed by atoms with E-state index < -0.39 is 0 Å². The van der Waals surface area contributed by atoms with Gasteiger partial charge < -0.3 is 5.32 Å². The van der Waals surface area contributed by atoms with E-state index in [0.717, 1.165) is 10.4 Å².